The summed E-state index contributed by atoms with van der Waals surface area (Å²) in [6.45, 7) is 0. The minimum Gasteiger partial charge on any atom is -0.686 e. The number of para-hydroxylation sites is 1. The molecule has 0 saturated carbocycles. The maximum atomic E-state index is 9.19. The summed E-state index contributed by atoms with van der Waals surface area (Å²) in [6, 6.07) is 18.5. The van der Waals surface area contributed by atoms with Crippen LogP contribution in [0.15, 0.2) is 54.6 Å². The Bertz CT molecular complexity index is 613. The maximum absolute atomic E-state index is 9.19. The molecule has 21 heavy (non-hydrogen) atoms. The van der Waals surface area contributed by atoms with E-state index in [9.17, 15) is 8.42 Å². The molecule has 2 aromatic carbocycles. The Hall–Kier alpha value is -0.668. The fourth-order valence-corrected chi connectivity index (χ4v) is 1.53. The molecule has 0 heterocycles. The van der Waals surface area contributed by atoms with E-state index >= 15 is 0 Å². The standard InChI is InChI=1S/C13H12N.CH4O3S.Fe.Pd/c1-14-13-10-6-5-9-12(13)11-7-3-2-4-8-11;1-5(2,3)4;;/h2-10H,1H3;1H3,(H,2,3,4);;/q-1;;;. The molecule has 0 aliphatic heterocycles. The van der Waals surface area contributed by atoms with Crippen LogP contribution in [0.2, 0.25) is 0 Å². The second-order valence-electron chi connectivity index (χ2n) is 3.84. The number of rotatable bonds is 2. The average Bonchev–Trinajstić information content (AvgIpc) is 2.38. The van der Waals surface area contributed by atoms with Crippen LogP contribution in [0.25, 0.3) is 16.4 Å². The topological polar surface area (TPSA) is 68.5 Å². The van der Waals surface area contributed by atoms with Crippen LogP contribution in [0.1, 0.15) is 0 Å². The van der Waals surface area contributed by atoms with Crippen LogP contribution >= 0.6 is 0 Å². The van der Waals surface area contributed by atoms with E-state index in [4.69, 9.17) is 4.55 Å². The summed E-state index contributed by atoms with van der Waals surface area (Å²) in [4.78, 5) is 0. The van der Waals surface area contributed by atoms with Gasteiger partial charge in [-0.15, -0.1) is 12.7 Å². The second-order valence-corrected chi connectivity index (χ2v) is 5.31. The fourth-order valence-electron chi connectivity index (χ4n) is 1.53. The molecule has 0 aliphatic rings. The molecule has 0 saturated heterocycles. The van der Waals surface area contributed by atoms with Crippen LogP contribution in [0.3, 0.4) is 0 Å². The van der Waals surface area contributed by atoms with Gasteiger partial charge in [-0.1, -0.05) is 54.6 Å². The van der Waals surface area contributed by atoms with Gasteiger partial charge in [0, 0.05) is 37.5 Å². The van der Waals surface area contributed by atoms with Crippen molar-refractivity contribution in [1.29, 1.82) is 0 Å². The van der Waals surface area contributed by atoms with Crippen LogP contribution in [0.5, 0.6) is 0 Å². The third-order valence-corrected chi connectivity index (χ3v) is 2.23. The molecule has 120 valence electrons. The average molecular weight is 441 g/mol. The van der Waals surface area contributed by atoms with Crippen molar-refractivity contribution in [2.45, 2.75) is 0 Å². The zero-order valence-corrected chi connectivity index (χ0v) is 15.0. The van der Waals surface area contributed by atoms with E-state index in [0.29, 0.717) is 6.26 Å². The molecule has 0 fully saturated rings. The number of nitrogens with zero attached hydrogens (tertiary/aromatic N) is 1. The van der Waals surface area contributed by atoms with E-state index in [2.05, 4.69) is 23.5 Å². The molecule has 1 N–H and O–H groups in total. The Balaban J connectivity index is 0. The number of hydrogen-bond acceptors (Lipinski definition) is 2. The fraction of sp³-hybridized carbons (Fsp3) is 0.143. The van der Waals surface area contributed by atoms with E-state index in [1.54, 1.807) is 0 Å². The Morgan fingerprint density at radius 1 is 0.952 bits per heavy atom. The zero-order valence-electron chi connectivity index (χ0n) is 11.5. The second kappa shape index (κ2) is 11.0. The molecule has 0 radical (unpaired) electrons. The molecule has 0 aromatic heterocycles. The molecule has 0 atom stereocenters. The van der Waals surface area contributed by atoms with Gasteiger partial charge in [0.25, 0.3) is 10.1 Å². The molecule has 0 bridgehead atoms. The summed E-state index contributed by atoms with van der Waals surface area (Å²) in [6.07, 6.45) is 0.715. The normalized spacial score (nSPS) is 9.29. The van der Waals surface area contributed by atoms with Crippen LogP contribution < -0.4 is 0 Å². The Morgan fingerprint density at radius 2 is 1.38 bits per heavy atom. The van der Waals surface area contributed by atoms with Crippen molar-refractivity contribution in [2.24, 2.45) is 0 Å². The van der Waals surface area contributed by atoms with Crippen molar-refractivity contribution in [3.63, 3.8) is 0 Å². The van der Waals surface area contributed by atoms with Gasteiger partial charge in [-0.25, -0.2) is 0 Å². The van der Waals surface area contributed by atoms with Gasteiger partial charge in [0.2, 0.25) is 0 Å². The van der Waals surface area contributed by atoms with Crippen LogP contribution in [0.4, 0.5) is 5.69 Å². The van der Waals surface area contributed by atoms with Crippen molar-refractivity contribution in [2.75, 3.05) is 13.3 Å². The predicted molar refractivity (Wildman–Crippen MR) is 78.3 cm³/mol. The molecule has 4 nitrogen and oxygen atoms in total. The summed E-state index contributed by atoms with van der Waals surface area (Å²) in [5.41, 5.74) is 3.45. The maximum Gasteiger partial charge on any atom is 0.261 e. The SMILES string of the molecule is CS(=O)(=O)O.C[N-]c1ccccc1-c1ccccc1.[Fe].[Pd]. The Kier molecular flexibility index (Phi) is 11.8. The van der Waals surface area contributed by atoms with Gasteiger partial charge in [-0.05, 0) is 11.1 Å². The van der Waals surface area contributed by atoms with Gasteiger partial charge in [-0.2, -0.15) is 8.42 Å². The van der Waals surface area contributed by atoms with Gasteiger partial charge in [0.05, 0.1) is 6.26 Å². The quantitative estimate of drug-likeness (QED) is 0.574. The smallest absolute Gasteiger partial charge is 0.261 e. The summed E-state index contributed by atoms with van der Waals surface area (Å²) in [5.74, 6) is 0. The number of benzene rings is 2. The number of hydrogen-bond donors (Lipinski definition) is 1. The first-order valence-electron chi connectivity index (χ1n) is 5.58. The van der Waals surface area contributed by atoms with Gasteiger partial charge in [0.1, 0.15) is 0 Å². The van der Waals surface area contributed by atoms with Crippen molar-refractivity contribution < 1.29 is 50.5 Å². The Morgan fingerprint density at radius 3 is 1.86 bits per heavy atom. The predicted octanol–water partition coefficient (Wildman–Crippen LogP) is 3.49. The Labute approximate surface area is 150 Å². The van der Waals surface area contributed by atoms with E-state index in [1.807, 2.05) is 43.4 Å². The van der Waals surface area contributed by atoms with E-state index < -0.39 is 10.1 Å². The molecular weight excluding hydrogens is 424 g/mol. The van der Waals surface area contributed by atoms with E-state index in [-0.39, 0.29) is 37.5 Å². The molecule has 0 aliphatic carbocycles. The molecule has 0 spiro atoms. The molecular formula is C14H16FeNO3PdS-. The van der Waals surface area contributed by atoms with E-state index in [0.717, 1.165) is 5.69 Å². The van der Waals surface area contributed by atoms with Gasteiger partial charge in [-0.3, -0.25) is 4.55 Å². The molecule has 2 aromatic rings. The summed E-state index contributed by atoms with van der Waals surface area (Å²) < 4.78 is 25.9. The van der Waals surface area contributed by atoms with Crippen LogP contribution in [-0.2, 0) is 47.6 Å². The molecule has 2 rings (SSSR count). The van der Waals surface area contributed by atoms with Crippen molar-refractivity contribution >= 4 is 15.8 Å². The van der Waals surface area contributed by atoms with Crippen molar-refractivity contribution in [1.82, 2.24) is 0 Å². The largest absolute Gasteiger partial charge is 0.686 e. The zero-order chi connectivity index (χ0) is 14.3. The first kappa shape index (κ1) is 22.6. The minimum absolute atomic E-state index is 0. The molecule has 0 amide bonds. The van der Waals surface area contributed by atoms with Gasteiger partial charge >= 0.3 is 0 Å². The van der Waals surface area contributed by atoms with E-state index in [1.165, 1.54) is 11.1 Å². The minimum atomic E-state index is -3.67. The van der Waals surface area contributed by atoms with Crippen molar-refractivity contribution in [3.8, 4) is 11.1 Å². The van der Waals surface area contributed by atoms with Crippen LogP contribution in [0, 0.1) is 0 Å². The molecule has 7 heteroatoms. The third-order valence-electron chi connectivity index (χ3n) is 2.23. The van der Waals surface area contributed by atoms with Crippen molar-refractivity contribution in [3.05, 3.63) is 59.9 Å². The third kappa shape index (κ3) is 9.81. The van der Waals surface area contributed by atoms with Crippen LogP contribution in [-0.4, -0.2) is 26.3 Å². The summed E-state index contributed by atoms with van der Waals surface area (Å²) in [7, 11) is -1.85. The first-order valence-corrected chi connectivity index (χ1v) is 7.43. The summed E-state index contributed by atoms with van der Waals surface area (Å²) in [5, 5.41) is 4.25. The van der Waals surface area contributed by atoms with Gasteiger partial charge < -0.3 is 5.32 Å². The monoisotopic (exact) mass is 440 g/mol. The molecule has 0 unspecified atom stereocenters. The first-order chi connectivity index (χ1) is 8.92. The van der Waals surface area contributed by atoms with Gasteiger partial charge in [0.15, 0.2) is 0 Å². The summed E-state index contributed by atoms with van der Waals surface area (Å²) >= 11 is 0.